The summed E-state index contributed by atoms with van der Waals surface area (Å²) < 4.78 is 0. The Labute approximate surface area is 236 Å². The van der Waals surface area contributed by atoms with E-state index in [4.69, 9.17) is 0 Å². The van der Waals surface area contributed by atoms with Gasteiger partial charge in [0.25, 0.3) is 0 Å². The number of amides is 1. The van der Waals surface area contributed by atoms with Gasteiger partial charge in [-0.2, -0.15) is 0 Å². The molecule has 1 aliphatic heterocycles. The largest absolute Gasteiger partial charge is 0.480 e. The first-order valence-electron chi connectivity index (χ1n) is 14.6. The Morgan fingerprint density at radius 2 is 1.44 bits per heavy atom. The molecule has 0 aromatic heterocycles. The first-order chi connectivity index (χ1) is 18.9. The van der Waals surface area contributed by atoms with E-state index in [0.29, 0.717) is 23.4 Å². The molecule has 2 N–H and O–H groups in total. The highest BCUT2D eigenvalue weighted by Crippen LogP contribution is 2.34. The highest BCUT2D eigenvalue weighted by atomic mass is 32.2. The van der Waals surface area contributed by atoms with Crippen molar-refractivity contribution in [2.45, 2.75) is 95.7 Å². The molecular formula is C32H42N2O4S. The van der Waals surface area contributed by atoms with E-state index in [9.17, 15) is 19.5 Å². The first kappa shape index (κ1) is 29.3. The fourth-order valence-electron chi connectivity index (χ4n) is 5.89. The molecule has 3 aliphatic rings. The summed E-state index contributed by atoms with van der Waals surface area (Å²) in [4.78, 5) is 38.1. The Kier molecular flexibility index (Phi) is 11.0. The van der Waals surface area contributed by atoms with E-state index in [1.54, 1.807) is 43.3 Å². The SMILES string of the molecule is C1CCC(NC2CCCCC2)CC1.C[C@@H](CSC(=O)c1ccccc1)C(=O)N1c2ccccc2C[C@@H]1C(=O)O. The quantitative estimate of drug-likeness (QED) is 0.410. The van der Waals surface area contributed by atoms with E-state index < -0.39 is 17.9 Å². The number of carbonyl (C=O) groups is 3. The fraction of sp³-hybridized carbons (Fsp3) is 0.531. The van der Waals surface area contributed by atoms with Crippen LogP contribution in [0.3, 0.4) is 0 Å². The number of rotatable bonds is 7. The third-order valence-corrected chi connectivity index (χ3v) is 9.24. The van der Waals surface area contributed by atoms with Gasteiger partial charge in [0.15, 0.2) is 0 Å². The van der Waals surface area contributed by atoms with Crippen LogP contribution in [0.1, 0.15) is 87.1 Å². The Morgan fingerprint density at radius 3 is 2.03 bits per heavy atom. The van der Waals surface area contributed by atoms with Crippen molar-refractivity contribution in [3.05, 3.63) is 65.7 Å². The normalized spacial score (nSPS) is 20.4. The standard InChI is InChI=1S/C20H19NO4S.C12H23N/c1-13(12-26-20(25)14-7-3-2-4-8-14)18(22)21-16-10-6-5-9-15(16)11-17(21)19(23)24;1-3-7-11(8-4-1)13-12-9-5-2-6-10-12/h2-10,13,17H,11-12H2,1H3,(H,23,24);11-13H,1-10H2/t13-,17+;/m0./s1. The second-order valence-corrected chi connectivity index (χ2v) is 12.1. The van der Waals surface area contributed by atoms with Gasteiger partial charge >= 0.3 is 5.97 Å². The van der Waals surface area contributed by atoms with Crippen LogP contribution in [0.15, 0.2) is 54.6 Å². The summed E-state index contributed by atoms with van der Waals surface area (Å²) in [6.07, 6.45) is 14.9. The van der Waals surface area contributed by atoms with E-state index in [1.165, 1.54) is 69.1 Å². The number of carbonyl (C=O) groups excluding carboxylic acids is 2. The maximum Gasteiger partial charge on any atom is 0.327 e. The summed E-state index contributed by atoms with van der Waals surface area (Å²) in [7, 11) is 0. The lowest BCUT2D eigenvalue weighted by molar-refractivity contribution is -0.140. The second-order valence-electron chi connectivity index (χ2n) is 11.1. The van der Waals surface area contributed by atoms with Crippen molar-refractivity contribution in [3.8, 4) is 0 Å². The molecular weight excluding hydrogens is 508 g/mol. The number of hydrogen-bond acceptors (Lipinski definition) is 5. The van der Waals surface area contributed by atoms with Gasteiger partial charge in [-0.1, -0.05) is 106 Å². The molecule has 2 aliphatic carbocycles. The Morgan fingerprint density at radius 1 is 0.872 bits per heavy atom. The zero-order valence-electron chi connectivity index (χ0n) is 23.0. The summed E-state index contributed by atoms with van der Waals surface area (Å²) in [6.45, 7) is 1.73. The van der Waals surface area contributed by atoms with E-state index in [2.05, 4.69) is 5.32 Å². The number of hydrogen-bond donors (Lipinski definition) is 2. The van der Waals surface area contributed by atoms with E-state index in [0.717, 1.165) is 29.4 Å². The summed E-state index contributed by atoms with van der Waals surface area (Å²) in [5.74, 6) is -1.46. The lowest BCUT2D eigenvalue weighted by Crippen LogP contribution is -2.45. The maximum absolute atomic E-state index is 12.9. The van der Waals surface area contributed by atoms with Gasteiger partial charge in [-0.05, 0) is 37.3 Å². The molecule has 39 heavy (non-hydrogen) atoms. The van der Waals surface area contributed by atoms with Crippen molar-refractivity contribution in [2.24, 2.45) is 5.92 Å². The molecule has 7 heteroatoms. The number of nitrogens with one attached hydrogen (secondary N) is 1. The van der Waals surface area contributed by atoms with Crippen LogP contribution in [0.4, 0.5) is 5.69 Å². The van der Waals surface area contributed by atoms with Crippen molar-refractivity contribution in [2.75, 3.05) is 10.7 Å². The number of nitrogens with zero attached hydrogens (tertiary/aromatic N) is 1. The van der Waals surface area contributed by atoms with Gasteiger partial charge < -0.3 is 10.4 Å². The van der Waals surface area contributed by atoms with E-state index in [1.807, 2.05) is 18.2 Å². The summed E-state index contributed by atoms with van der Waals surface area (Å²) in [6, 6.07) is 17.0. The van der Waals surface area contributed by atoms with Crippen LogP contribution < -0.4 is 10.2 Å². The maximum atomic E-state index is 12.9. The highest BCUT2D eigenvalue weighted by Gasteiger charge is 2.39. The third-order valence-electron chi connectivity index (χ3n) is 8.08. The molecule has 2 atom stereocenters. The molecule has 0 spiro atoms. The van der Waals surface area contributed by atoms with Crippen LogP contribution in [0.25, 0.3) is 0 Å². The van der Waals surface area contributed by atoms with Gasteiger partial charge in [-0.3, -0.25) is 14.5 Å². The second kappa shape index (κ2) is 14.7. The molecule has 0 saturated heterocycles. The summed E-state index contributed by atoms with van der Waals surface area (Å²) in [5.41, 5.74) is 2.09. The number of carboxylic acid groups (broad SMARTS) is 1. The van der Waals surface area contributed by atoms with Crippen molar-refractivity contribution < 1.29 is 19.5 Å². The lowest BCUT2D eigenvalue weighted by atomic mass is 9.91. The van der Waals surface area contributed by atoms with Gasteiger partial charge in [0, 0.05) is 41.4 Å². The molecule has 210 valence electrons. The van der Waals surface area contributed by atoms with Crippen LogP contribution in [0.5, 0.6) is 0 Å². The topological polar surface area (TPSA) is 86.7 Å². The molecule has 2 saturated carbocycles. The Hall–Kier alpha value is -2.64. The monoisotopic (exact) mass is 550 g/mol. The fourth-order valence-corrected chi connectivity index (χ4v) is 6.74. The minimum Gasteiger partial charge on any atom is -0.480 e. The molecule has 0 radical (unpaired) electrons. The summed E-state index contributed by atoms with van der Waals surface area (Å²) in [5, 5.41) is 13.3. The number of anilines is 1. The number of carboxylic acids is 1. The minimum absolute atomic E-state index is 0.0955. The van der Waals surface area contributed by atoms with Gasteiger partial charge in [-0.25, -0.2) is 4.79 Å². The summed E-state index contributed by atoms with van der Waals surface area (Å²) >= 11 is 1.08. The average Bonchev–Trinajstić information content (AvgIpc) is 3.37. The van der Waals surface area contributed by atoms with Gasteiger partial charge in [0.05, 0.1) is 0 Å². The number of aliphatic carboxylic acids is 1. The van der Waals surface area contributed by atoms with Gasteiger partial charge in [-0.15, -0.1) is 0 Å². The first-order valence-corrected chi connectivity index (χ1v) is 15.5. The van der Waals surface area contributed by atoms with Gasteiger partial charge in [0.1, 0.15) is 6.04 Å². The average molecular weight is 551 g/mol. The smallest absolute Gasteiger partial charge is 0.327 e. The van der Waals surface area contributed by atoms with Gasteiger partial charge in [0.2, 0.25) is 11.0 Å². The number of benzene rings is 2. The molecule has 2 aromatic carbocycles. The molecule has 1 heterocycles. The van der Waals surface area contributed by atoms with Crippen molar-refractivity contribution >= 4 is 34.4 Å². The van der Waals surface area contributed by atoms with Crippen molar-refractivity contribution in [1.29, 1.82) is 0 Å². The molecule has 6 nitrogen and oxygen atoms in total. The molecule has 0 unspecified atom stereocenters. The van der Waals surface area contributed by atoms with Crippen LogP contribution in [-0.4, -0.2) is 46.0 Å². The minimum atomic E-state index is -1.02. The lowest BCUT2D eigenvalue weighted by Gasteiger charge is -2.30. The molecule has 2 aromatic rings. The van der Waals surface area contributed by atoms with Crippen LogP contribution in [0.2, 0.25) is 0 Å². The Bertz CT molecular complexity index is 1080. The van der Waals surface area contributed by atoms with Crippen LogP contribution in [-0.2, 0) is 16.0 Å². The molecule has 5 rings (SSSR count). The predicted molar refractivity (Wildman–Crippen MR) is 158 cm³/mol. The van der Waals surface area contributed by atoms with E-state index >= 15 is 0 Å². The predicted octanol–water partition coefficient (Wildman–Crippen LogP) is 6.48. The van der Waals surface area contributed by atoms with Crippen molar-refractivity contribution in [1.82, 2.24) is 5.32 Å². The zero-order chi connectivity index (χ0) is 27.6. The third kappa shape index (κ3) is 8.18. The van der Waals surface area contributed by atoms with Crippen LogP contribution >= 0.6 is 11.8 Å². The zero-order valence-corrected chi connectivity index (χ0v) is 23.8. The molecule has 1 amide bonds. The molecule has 2 fully saturated rings. The van der Waals surface area contributed by atoms with E-state index in [-0.39, 0.29) is 11.0 Å². The number of fused-ring (bicyclic) bond motifs is 1. The highest BCUT2D eigenvalue weighted by molar-refractivity contribution is 8.14. The molecule has 0 bridgehead atoms. The number of thioether (sulfide) groups is 1. The Balaban J connectivity index is 0.000000226. The number of para-hydroxylation sites is 1. The van der Waals surface area contributed by atoms with Crippen LogP contribution in [0, 0.1) is 5.92 Å². The van der Waals surface area contributed by atoms with Crippen molar-refractivity contribution in [3.63, 3.8) is 0 Å².